The Kier molecular flexibility index (Phi) is 2.16. The molecule has 0 aliphatic rings. The van der Waals surface area contributed by atoms with Gasteiger partial charge < -0.3 is 5.73 Å². The SMILES string of the molecule is NCOS(=O)(=O)O. The first-order chi connectivity index (χ1) is 3.06. The molecule has 0 radical (unpaired) electrons. The first-order valence-corrected chi connectivity index (χ1v) is 2.74. The minimum Gasteiger partial charge on any atom is -0.307 e. The molecule has 0 aliphatic heterocycles. The Morgan fingerprint density at radius 3 is 2.14 bits per heavy atom. The molecule has 0 bridgehead atoms. The van der Waals surface area contributed by atoms with Crippen LogP contribution in [0.3, 0.4) is 0 Å². The Bertz CT molecular complexity index is 125. The number of nitrogens with two attached hydrogens (primary N) is 1. The van der Waals surface area contributed by atoms with Gasteiger partial charge >= 0.3 is 10.4 Å². The maximum atomic E-state index is 9.48. The van der Waals surface area contributed by atoms with Crippen LogP contribution in [-0.4, -0.2) is 19.7 Å². The minimum atomic E-state index is -4.30. The fourth-order valence-electron chi connectivity index (χ4n) is 0.0860. The van der Waals surface area contributed by atoms with E-state index in [1.165, 1.54) is 0 Å². The van der Waals surface area contributed by atoms with Crippen LogP contribution in [0.5, 0.6) is 0 Å². The lowest BCUT2D eigenvalue weighted by Gasteiger charge is -1.88. The van der Waals surface area contributed by atoms with Crippen LogP contribution in [0, 0.1) is 0 Å². The Labute approximate surface area is 41.0 Å². The molecule has 44 valence electrons. The normalized spacial score (nSPS) is 11.7. The van der Waals surface area contributed by atoms with E-state index in [-0.39, 0.29) is 0 Å². The van der Waals surface area contributed by atoms with E-state index in [2.05, 4.69) is 9.92 Å². The van der Waals surface area contributed by atoms with Gasteiger partial charge in [-0.15, -0.1) is 0 Å². The molecular formula is CH5NO4S. The second-order valence-corrected chi connectivity index (χ2v) is 1.80. The second-order valence-electron chi connectivity index (χ2n) is 0.712. The van der Waals surface area contributed by atoms with Crippen molar-refractivity contribution in [2.24, 2.45) is 5.73 Å². The highest BCUT2D eigenvalue weighted by Crippen LogP contribution is 1.78. The monoisotopic (exact) mass is 127 g/mol. The van der Waals surface area contributed by atoms with Crippen LogP contribution in [-0.2, 0) is 14.6 Å². The Morgan fingerprint density at radius 1 is 1.71 bits per heavy atom. The molecule has 0 heterocycles. The van der Waals surface area contributed by atoms with Crippen LogP contribution < -0.4 is 5.73 Å². The van der Waals surface area contributed by atoms with Gasteiger partial charge in [-0.2, -0.15) is 8.42 Å². The van der Waals surface area contributed by atoms with Crippen LogP contribution in [0.25, 0.3) is 0 Å². The summed E-state index contributed by atoms with van der Waals surface area (Å²) < 4.78 is 30.2. The van der Waals surface area contributed by atoms with Crippen molar-refractivity contribution in [2.45, 2.75) is 0 Å². The van der Waals surface area contributed by atoms with E-state index >= 15 is 0 Å². The van der Waals surface area contributed by atoms with E-state index < -0.39 is 17.1 Å². The Morgan fingerprint density at radius 2 is 2.14 bits per heavy atom. The molecule has 0 rings (SSSR count). The van der Waals surface area contributed by atoms with E-state index in [1.807, 2.05) is 0 Å². The average molecular weight is 127 g/mol. The quantitative estimate of drug-likeness (QED) is 0.356. The first-order valence-electron chi connectivity index (χ1n) is 1.38. The zero-order valence-electron chi connectivity index (χ0n) is 3.36. The van der Waals surface area contributed by atoms with Crippen LogP contribution >= 0.6 is 0 Å². The maximum Gasteiger partial charge on any atom is 0.398 e. The third-order valence-corrected chi connectivity index (χ3v) is 0.651. The molecule has 0 aromatic rings. The molecule has 6 heteroatoms. The standard InChI is InChI=1S/CH5NO4S/c2-1-6-7(3,4)5/h1-2H2,(H,3,4,5). The topological polar surface area (TPSA) is 89.6 Å². The van der Waals surface area contributed by atoms with E-state index in [4.69, 9.17) is 4.55 Å². The number of hydrogen-bond acceptors (Lipinski definition) is 4. The van der Waals surface area contributed by atoms with E-state index in [9.17, 15) is 8.42 Å². The molecule has 5 nitrogen and oxygen atoms in total. The van der Waals surface area contributed by atoms with Crippen LogP contribution in [0.4, 0.5) is 0 Å². The summed E-state index contributed by atoms with van der Waals surface area (Å²) in [5.41, 5.74) is 4.55. The summed E-state index contributed by atoms with van der Waals surface area (Å²) in [6.45, 7) is -0.529. The minimum absolute atomic E-state index is 0.529. The fraction of sp³-hybridized carbons (Fsp3) is 1.00. The molecular weight excluding hydrogens is 122 g/mol. The third kappa shape index (κ3) is 5.83. The lowest BCUT2D eigenvalue weighted by Crippen LogP contribution is -2.10. The van der Waals surface area contributed by atoms with Crippen LogP contribution in [0.2, 0.25) is 0 Å². The second kappa shape index (κ2) is 2.22. The lowest BCUT2D eigenvalue weighted by molar-refractivity contribution is 0.276. The van der Waals surface area contributed by atoms with Gasteiger partial charge in [0, 0.05) is 0 Å². The molecule has 0 aromatic heterocycles. The highest BCUT2D eigenvalue weighted by atomic mass is 32.3. The molecule has 0 unspecified atom stereocenters. The zero-order chi connectivity index (χ0) is 5.91. The van der Waals surface area contributed by atoms with Gasteiger partial charge in [-0.05, 0) is 0 Å². The molecule has 0 fully saturated rings. The van der Waals surface area contributed by atoms with Gasteiger partial charge in [0.15, 0.2) is 0 Å². The van der Waals surface area contributed by atoms with E-state index in [0.29, 0.717) is 0 Å². The molecule has 0 atom stereocenters. The van der Waals surface area contributed by atoms with Crippen molar-refractivity contribution in [2.75, 3.05) is 6.73 Å². The van der Waals surface area contributed by atoms with Crippen LogP contribution in [0.1, 0.15) is 0 Å². The average Bonchev–Trinajstić information content (AvgIpc) is 1.30. The number of hydrogen-bond donors (Lipinski definition) is 2. The van der Waals surface area contributed by atoms with Gasteiger partial charge in [0.1, 0.15) is 6.73 Å². The molecule has 0 saturated heterocycles. The Balaban J connectivity index is 3.60. The lowest BCUT2D eigenvalue weighted by atomic mass is 11.4. The van der Waals surface area contributed by atoms with Crippen molar-refractivity contribution in [1.29, 1.82) is 0 Å². The predicted octanol–water partition coefficient (Wildman–Crippen LogP) is -1.28. The smallest absolute Gasteiger partial charge is 0.307 e. The molecule has 0 aliphatic carbocycles. The van der Waals surface area contributed by atoms with Crippen molar-refractivity contribution in [3.8, 4) is 0 Å². The Hall–Kier alpha value is -0.170. The fourth-order valence-corrected chi connectivity index (χ4v) is 0.258. The molecule has 0 saturated carbocycles. The first kappa shape index (κ1) is 6.83. The molecule has 0 amide bonds. The summed E-state index contributed by atoms with van der Waals surface area (Å²) in [5, 5.41) is 0. The van der Waals surface area contributed by atoms with Gasteiger partial charge in [-0.3, -0.25) is 4.55 Å². The molecule has 0 aromatic carbocycles. The summed E-state index contributed by atoms with van der Waals surface area (Å²) in [7, 11) is -4.30. The predicted molar refractivity (Wildman–Crippen MR) is 21.7 cm³/mol. The number of rotatable bonds is 2. The van der Waals surface area contributed by atoms with Gasteiger partial charge in [0.25, 0.3) is 0 Å². The summed E-state index contributed by atoms with van der Waals surface area (Å²) in [4.78, 5) is 0. The summed E-state index contributed by atoms with van der Waals surface area (Å²) in [6, 6.07) is 0. The zero-order valence-corrected chi connectivity index (χ0v) is 4.18. The van der Waals surface area contributed by atoms with Gasteiger partial charge in [-0.25, -0.2) is 4.18 Å². The van der Waals surface area contributed by atoms with Crippen molar-refractivity contribution in [3.63, 3.8) is 0 Å². The van der Waals surface area contributed by atoms with Gasteiger partial charge in [0.05, 0.1) is 0 Å². The largest absolute Gasteiger partial charge is 0.398 e. The van der Waals surface area contributed by atoms with Crippen molar-refractivity contribution >= 4 is 10.4 Å². The summed E-state index contributed by atoms with van der Waals surface area (Å²) in [5.74, 6) is 0. The molecule has 0 spiro atoms. The van der Waals surface area contributed by atoms with Gasteiger partial charge in [0.2, 0.25) is 0 Å². The van der Waals surface area contributed by atoms with E-state index in [0.717, 1.165) is 0 Å². The molecule has 7 heavy (non-hydrogen) atoms. The summed E-state index contributed by atoms with van der Waals surface area (Å²) in [6.07, 6.45) is 0. The molecule has 3 N–H and O–H groups in total. The summed E-state index contributed by atoms with van der Waals surface area (Å²) >= 11 is 0. The van der Waals surface area contributed by atoms with E-state index in [1.54, 1.807) is 0 Å². The van der Waals surface area contributed by atoms with Crippen molar-refractivity contribution in [3.05, 3.63) is 0 Å². The van der Waals surface area contributed by atoms with Crippen molar-refractivity contribution in [1.82, 2.24) is 0 Å². The highest BCUT2D eigenvalue weighted by Gasteiger charge is 1.98. The van der Waals surface area contributed by atoms with Gasteiger partial charge in [-0.1, -0.05) is 0 Å². The highest BCUT2D eigenvalue weighted by molar-refractivity contribution is 7.80. The van der Waals surface area contributed by atoms with Crippen LogP contribution in [0.15, 0.2) is 0 Å². The maximum absolute atomic E-state index is 9.48. The third-order valence-electron chi connectivity index (χ3n) is 0.217. The van der Waals surface area contributed by atoms with Crippen molar-refractivity contribution < 1.29 is 17.2 Å².